The number of amides is 1. The Labute approximate surface area is 103 Å². The Hall–Kier alpha value is -1.61. The second kappa shape index (κ2) is 6.21. The molecule has 92 valence electrons. The second-order valence-corrected chi connectivity index (χ2v) is 4.31. The minimum absolute atomic E-state index is 0.0250. The lowest BCUT2D eigenvalue weighted by Crippen LogP contribution is -2.29. The van der Waals surface area contributed by atoms with Crippen LogP contribution in [0.4, 0.5) is 0 Å². The fourth-order valence-electron chi connectivity index (χ4n) is 1.78. The minimum atomic E-state index is 0.0250. The normalized spacial score (nSPS) is 10.1. The maximum Gasteiger partial charge on any atom is 0.254 e. The number of nitrogens with two attached hydrogens (primary N) is 1. The molecular formula is C14H20N2O. The third-order valence-corrected chi connectivity index (χ3v) is 2.52. The molecule has 0 heterocycles. The van der Waals surface area contributed by atoms with Crippen LogP contribution >= 0.6 is 0 Å². The van der Waals surface area contributed by atoms with Gasteiger partial charge in [0, 0.05) is 19.2 Å². The first-order valence-electron chi connectivity index (χ1n) is 5.74. The van der Waals surface area contributed by atoms with Crippen molar-refractivity contribution >= 4 is 5.91 Å². The topological polar surface area (TPSA) is 46.3 Å². The summed E-state index contributed by atoms with van der Waals surface area (Å²) in [6.45, 7) is 6.86. The molecule has 0 saturated carbocycles. The predicted octanol–water partition coefficient (Wildman–Crippen LogP) is 1.84. The molecule has 17 heavy (non-hydrogen) atoms. The van der Waals surface area contributed by atoms with Gasteiger partial charge >= 0.3 is 0 Å². The lowest BCUT2D eigenvalue weighted by molar-refractivity contribution is 0.0806. The van der Waals surface area contributed by atoms with Crippen LogP contribution in [0.25, 0.3) is 0 Å². The molecule has 1 rings (SSSR count). The predicted molar refractivity (Wildman–Crippen MR) is 71.0 cm³/mol. The van der Waals surface area contributed by atoms with E-state index in [1.807, 2.05) is 31.2 Å². The molecule has 3 heteroatoms. The molecule has 0 spiro atoms. The van der Waals surface area contributed by atoms with E-state index in [0.29, 0.717) is 13.1 Å². The quantitative estimate of drug-likeness (QED) is 0.787. The van der Waals surface area contributed by atoms with Crippen LogP contribution in [-0.2, 0) is 6.42 Å². The van der Waals surface area contributed by atoms with E-state index in [0.717, 1.165) is 23.1 Å². The SMILES string of the molecule is C=C(C)CN(C)C(=O)c1ccccc1CCN. The van der Waals surface area contributed by atoms with Crippen LogP contribution in [0.5, 0.6) is 0 Å². The van der Waals surface area contributed by atoms with Crippen molar-refractivity contribution in [2.75, 3.05) is 20.1 Å². The smallest absolute Gasteiger partial charge is 0.254 e. The molecule has 0 aliphatic heterocycles. The molecule has 1 aromatic rings. The Morgan fingerprint density at radius 2 is 2.06 bits per heavy atom. The van der Waals surface area contributed by atoms with E-state index < -0.39 is 0 Å². The third kappa shape index (κ3) is 3.71. The monoisotopic (exact) mass is 232 g/mol. The fraction of sp³-hybridized carbons (Fsp3) is 0.357. The first-order valence-corrected chi connectivity index (χ1v) is 5.74. The number of carbonyl (C=O) groups is 1. The summed E-state index contributed by atoms with van der Waals surface area (Å²) >= 11 is 0. The molecule has 0 radical (unpaired) electrons. The molecule has 0 unspecified atom stereocenters. The zero-order chi connectivity index (χ0) is 12.8. The van der Waals surface area contributed by atoms with Gasteiger partial charge < -0.3 is 10.6 Å². The Morgan fingerprint density at radius 3 is 2.65 bits per heavy atom. The number of rotatable bonds is 5. The molecular weight excluding hydrogens is 212 g/mol. The molecule has 3 nitrogen and oxygen atoms in total. The van der Waals surface area contributed by atoms with E-state index in [9.17, 15) is 4.79 Å². The maximum atomic E-state index is 12.2. The highest BCUT2D eigenvalue weighted by atomic mass is 16.2. The molecule has 0 aliphatic rings. The zero-order valence-electron chi connectivity index (χ0n) is 10.6. The zero-order valence-corrected chi connectivity index (χ0v) is 10.6. The summed E-state index contributed by atoms with van der Waals surface area (Å²) in [7, 11) is 1.79. The van der Waals surface area contributed by atoms with Crippen LogP contribution in [0.15, 0.2) is 36.4 Å². The van der Waals surface area contributed by atoms with Gasteiger partial charge in [-0.05, 0) is 31.5 Å². The average Bonchev–Trinajstić information content (AvgIpc) is 2.28. The number of benzene rings is 1. The van der Waals surface area contributed by atoms with Gasteiger partial charge in [-0.3, -0.25) is 4.79 Å². The number of likely N-dealkylation sites (N-methyl/N-ethyl adjacent to an activating group) is 1. The largest absolute Gasteiger partial charge is 0.338 e. The third-order valence-electron chi connectivity index (χ3n) is 2.52. The molecule has 0 aliphatic carbocycles. The summed E-state index contributed by atoms with van der Waals surface area (Å²) in [5.74, 6) is 0.0250. The van der Waals surface area contributed by atoms with Gasteiger partial charge in [0.25, 0.3) is 5.91 Å². The van der Waals surface area contributed by atoms with Gasteiger partial charge in [0.2, 0.25) is 0 Å². The van der Waals surface area contributed by atoms with E-state index in [1.54, 1.807) is 11.9 Å². The van der Waals surface area contributed by atoms with Gasteiger partial charge in [-0.1, -0.05) is 30.4 Å². The second-order valence-electron chi connectivity index (χ2n) is 4.31. The van der Waals surface area contributed by atoms with E-state index in [1.165, 1.54) is 0 Å². The van der Waals surface area contributed by atoms with Crippen molar-refractivity contribution < 1.29 is 4.79 Å². The standard InChI is InChI=1S/C14H20N2O/c1-11(2)10-16(3)14(17)13-7-5-4-6-12(13)8-9-15/h4-7H,1,8-10,15H2,2-3H3. The Balaban J connectivity index is 2.91. The fourth-order valence-corrected chi connectivity index (χ4v) is 1.78. The van der Waals surface area contributed by atoms with Crippen LogP contribution in [0.1, 0.15) is 22.8 Å². The van der Waals surface area contributed by atoms with Crippen molar-refractivity contribution in [2.45, 2.75) is 13.3 Å². The highest BCUT2D eigenvalue weighted by Crippen LogP contribution is 2.12. The summed E-state index contributed by atoms with van der Waals surface area (Å²) in [4.78, 5) is 13.9. The first kappa shape index (κ1) is 13.5. The Morgan fingerprint density at radius 1 is 1.41 bits per heavy atom. The molecule has 0 atom stereocenters. The van der Waals surface area contributed by atoms with E-state index in [4.69, 9.17) is 5.73 Å². The lowest BCUT2D eigenvalue weighted by atomic mass is 10.0. The van der Waals surface area contributed by atoms with E-state index >= 15 is 0 Å². The van der Waals surface area contributed by atoms with Crippen LogP contribution in [0.3, 0.4) is 0 Å². The molecule has 0 bridgehead atoms. The highest BCUT2D eigenvalue weighted by Gasteiger charge is 2.14. The molecule has 1 aromatic carbocycles. The number of nitrogens with zero attached hydrogens (tertiary/aromatic N) is 1. The van der Waals surface area contributed by atoms with Crippen LogP contribution in [-0.4, -0.2) is 30.9 Å². The van der Waals surface area contributed by atoms with E-state index in [2.05, 4.69) is 6.58 Å². The van der Waals surface area contributed by atoms with Gasteiger partial charge in [0.1, 0.15) is 0 Å². The van der Waals surface area contributed by atoms with Crippen LogP contribution in [0.2, 0.25) is 0 Å². The van der Waals surface area contributed by atoms with Crippen molar-refractivity contribution in [1.82, 2.24) is 4.90 Å². The molecule has 2 N–H and O–H groups in total. The molecule has 0 saturated heterocycles. The molecule has 0 fully saturated rings. The summed E-state index contributed by atoms with van der Waals surface area (Å²) in [6, 6.07) is 7.61. The lowest BCUT2D eigenvalue weighted by Gasteiger charge is -2.19. The van der Waals surface area contributed by atoms with Gasteiger partial charge in [0.15, 0.2) is 0 Å². The summed E-state index contributed by atoms with van der Waals surface area (Å²) < 4.78 is 0. The van der Waals surface area contributed by atoms with Crippen molar-refractivity contribution in [1.29, 1.82) is 0 Å². The van der Waals surface area contributed by atoms with Crippen molar-refractivity contribution in [2.24, 2.45) is 5.73 Å². The summed E-state index contributed by atoms with van der Waals surface area (Å²) in [5.41, 5.74) is 8.26. The Bertz CT molecular complexity index is 412. The van der Waals surface area contributed by atoms with Crippen LogP contribution in [0, 0.1) is 0 Å². The van der Waals surface area contributed by atoms with Gasteiger partial charge in [-0.15, -0.1) is 0 Å². The van der Waals surface area contributed by atoms with Gasteiger partial charge in [-0.25, -0.2) is 0 Å². The van der Waals surface area contributed by atoms with Gasteiger partial charge in [-0.2, -0.15) is 0 Å². The Kier molecular flexibility index (Phi) is 4.91. The molecule has 0 aromatic heterocycles. The number of carbonyl (C=O) groups excluding carboxylic acids is 1. The maximum absolute atomic E-state index is 12.2. The summed E-state index contributed by atoms with van der Waals surface area (Å²) in [6.07, 6.45) is 0.725. The minimum Gasteiger partial charge on any atom is -0.338 e. The molecule has 1 amide bonds. The average molecular weight is 232 g/mol. The number of hydrogen-bond acceptors (Lipinski definition) is 2. The number of hydrogen-bond donors (Lipinski definition) is 1. The first-order chi connectivity index (χ1) is 8.06. The summed E-state index contributed by atoms with van der Waals surface area (Å²) in [5, 5.41) is 0. The van der Waals surface area contributed by atoms with Crippen molar-refractivity contribution in [3.8, 4) is 0 Å². The van der Waals surface area contributed by atoms with E-state index in [-0.39, 0.29) is 5.91 Å². The van der Waals surface area contributed by atoms with Crippen molar-refractivity contribution in [3.05, 3.63) is 47.5 Å². The van der Waals surface area contributed by atoms with Crippen molar-refractivity contribution in [3.63, 3.8) is 0 Å². The highest BCUT2D eigenvalue weighted by molar-refractivity contribution is 5.95. The van der Waals surface area contributed by atoms with Crippen LogP contribution < -0.4 is 5.73 Å². The van der Waals surface area contributed by atoms with Gasteiger partial charge in [0.05, 0.1) is 0 Å².